The number of nitrogens with two attached hydrogens (primary N) is 1. The number of nitrogens with one attached hydrogen (secondary N) is 1. The molecule has 1 aromatic heterocycles. The lowest BCUT2D eigenvalue weighted by Crippen LogP contribution is -2.11. The van der Waals surface area contributed by atoms with Gasteiger partial charge in [0.15, 0.2) is 0 Å². The van der Waals surface area contributed by atoms with E-state index in [0.29, 0.717) is 5.69 Å². The Kier molecular flexibility index (Phi) is 2.48. The number of anilines is 1. The van der Waals surface area contributed by atoms with Gasteiger partial charge in [0.05, 0.1) is 4.92 Å². The number of nitro groups is 1. The molecule has 0 saturated carbocycles. The lowest BCUT2D eigenvalue weighted by atomic mass is 10.2. The molecular weight excluding hydrogens is 212 g/mol. The van der Waals surface area contributed by atoms with Crippen LogP contribution in [0.25, 0.3) is 5.69 Å². The monoisotopic (exact) mass is 220 g/mol. The van der Waals surface area contributed by atoms with Crippen LogP contribution in [0.2, 0.25) is 0 Å². The number of nitrogens with zero attached hydrogens (tertiary/aromatic N) is 4. The molecule has 1 aromatic carbocycles. The topological polar surface area (TPSA) is 112 Å². The van der Waals surface area contributed by atoms with Crippen molar-refractivity contribution in [1.82, 2.24) is 14.8 Å². The van der Waals surface area contributed by atoms with Gasteiger partial charge in [0, 0.05) is 0 Å². The zero-order valence-corrected chi connectivity index (χ0v) is 8.07. The van der Waals surface area contributed by atoms with E-state index in [1.165, 1.54) is 23.4 Å². The third-order valence-electron chi connectivity index (χ3n) is 2.02. The first kappa shape index (κ1) is 10.1. The lowest BCUT2D eigenvalue weighted by molar-refractivity contribution is -0.383. The molecule has 0 aliphatic rings. The first-order valence-corrected chi connectivity index (χ1v) is 4.33. The van der Waals surface area contributed by atoms with Gasteiger partial charge in [-0.05, 0) is 12.1 Å². The third-order valence-corrected chi connectivity index (χ3v) is 2.02. The van der Waals surface area contributed by atoms with E-state index < -0.39 is 4.92 Å². The quantitative estimate of drug-likeness (QED) is 0.441. The van der Waals surface area contributed by atoms with Gasteiger partial charge in [0.1, 0.15) is 24.0 Å². The highest BCUT2D eigenvalue weighted by atomic mass is 16.6. The van der Waals surface area contributed by atoms with E-state index in [-0.39, 0.29) is 11.4 Å². The molecule has 0 spiro atoms. The van der Waals surface area contributed by atoms with Gasteiger partial charge < -0.3 is 5.43 Å². The Morgan fingerprint density at radius 1 is 1.50 bits per heavy atom. The molecule has 1 heterocycles. The number of para-hydroxylation sites is 1. The van der Waals surface area contributed by atoms with Crippen LogP contribution in [0.1, 0.15) is 0 Å². The fourth-order valence-electron chi connectivity index (χ4n) is 1.36. The molecule has 8 heteroatoms. The molecule has 16 heavy (non-hydrogen) atoms. The van der Waals surface area contributed by atoms with Crippen LogP contribution in [0.3, 0.4) is 0 Å². The van der Waals surface area contributed by atoms with Gasteiger partial charge in [0.25, 0.3) is 0 Å². The van der Waals surface area contributed by atoms with Crippen molar-refractivity contribution in [3.05, 3.63) is 41.0 Å². The van der Waals surface area contributed by atoms with Crippen molar-refractivity contribution in [2.45, 2.75) is 0 Å². The third kappa shape index (κ3) is 1.57. The fraction of sp³-hybridized carbons (Fsp3) is 0. The first-order chi connectivity index (χ1) is 7.74. The Morgan fingerprint density at radius 2 is 2.31 bits per heavy atom. The molecule has 0 saturated heterocycles. The molecule has 0 aliphatic carbocycles. The summed E-state index contributed by atoms with van der Waals surface area (Å²) < 4.78 is 1.30. The Bertz CT molecular complexity index is 509. The summed E-state index contributed by atoms with van der Waals surface area (Å²) in [6.45, 7) is 0. The van der Waals surface area contributed by atoms with Crippen LogP contribution in [0.4, 0.5) is 11.4 Å². The number of aromatic nitrogens is 3. The van der Waals surface area contributed by atoms with Gasteiger partial charge in [-0.3, -0.25) is 16.0 Å². The zero-order valence-electron chi connectivity index (χ0n) is 8.07. The molecule has 0 radical (unpaired) electrons. The van der Waals surface area contributed by atoms with Crippen molar-refractivity contribution in [1.29, 1.82) is 0 Å². The molecule has 0 atom stereocenters. The largest absolute Gasteiger partial charge is 0.319 e. The highest BCUT2D eigenvalue weighted by Crippen LogP contribution is 2.29. The Balaban J connectivity index is 2.65. The minimum Gasteiger partial charge on any atom is -0.318 e. The van der Waals surface area contributed by atoms with Crippen LogP contribution in [0.5, 0.6) is 0 Å². The number of nitrogen functional groups attached to an aromatic ring is 1. The second-order valence-electron chi connectivity index (χ2n) is 2.91. The SMILES string of the molecule is NNc1cccc(-n2cncn2)c1[N+](=O)[O-]. The fourth-order valence-corrected chi connectivity index (χ4v) is 1.36. The van der Waals surface area contributed by atoms with Gasteiger partial charge in [-0.15, -0.1) is 0 Å². The van der Waals surface area contributed by atoms with Gasteiger partial charge in [-0.2, -0.15) is 5.10 Å². The summed E-state index contributed by atoms with van der Waals surface area (Å²) >= 11 is 0. The highest BCUT2D eigenvalue weighted by Gasteiger charge is 2.20. The van der Waals surface area contributed by atoms with Gasteiger partial charge >= 0.3 is 5.69 Å². The Morgan fingerprint density at radius 3 is 2.88 bits per heavy atom. The van der Waals surface area contributed by atoms with Crippen LogP contribution >= 0.6 is 0 Å². The maximum atomic E-state index is 10.9. The second-order valence-corrected chi connectivity index (χ2v) is 2.91. The number of hydrazine groups is 1. The maximum absolute atomic E-state index is 10.9. The molecule has 3 N–H and O–H groups in total. The molecule has 82 valence electrons. The van der Waals surface area contributed by atoms with Crippen molar-refractivity contribution < 1.29 is 4.92 Å². The standard InChI is InChI=1S/C8H8N6O2/c9-12-6-2-1-3-7(8(6)14(15)16)13-5-10-4-11-13/h1-5,12H,9H2. The van der Waals surface area contributed by atoms with Crippen molar-refractivity contribution in [3.8, 4) is 5.69 Å². The van der Waals surface area contributed by atoms with E-state index in [9.17, 15) is 10.1 Å². The molecule has 0 unspecified atom stereocenters. The van der Waals surface area contributed by atoms with E-state index in [1.54, 1.807) is 12.1 Å². The van der Waals surface area contributed by atoms with Crippen molar-refractivity contribution in [2.24, 2.45) is 5.84 Å². The minimum absolute atomic E-state index is 0.143. The molecule has 8 nitrogen and oxygen atoms in total. The number of nitro benzene ring substituents is 1. The summed E-state index contributed by atoms with van der Waals surface area (Å²) in [7, 11) is 0. The highest BCUT2D eigenvalue weighted by molar-refractivity contribution is 5.70. The van der Waals surface area contributed by atoms with Crippen LogP contribution in [-0.2, 0) is 0 Å². The van der Waals surface area contributed by atoms with Gasteiger partial charge in [-0.25, -0.2) is 9.67 Å². The molecule has 0 aliphatic heterocycles. The van der Waals surface area contributed by atoms with E-state index in [2.05, 4.69) is 15.5 Å². The van der Waals surface area contributed by atoms with Crippen LogP contribution in [0, 0.1) is 10.1 Å². The summed E-state index contributed by atoms with van der Waals surface area (Å²) in [6, 6.07) is 4.71. The molecule has 0 fully saturated rings. The summed E-state index contributed by atoms with van der Waals surface area (Å²) in [5.41, 5.74) is 2.66. The molecule has 0 bridgehead atoms. The lowest BCUT2D eigenvalue weighted by Gasteiger charge is -2.06. The number of hydrogen-bond donors (Lipinski definition) is 2. The summed E-state index contributed by atoms with van der Waals surface area (Å²) in [5.74, 6) is 5.21. The molecule has 0 amide bonds. The maximum Gasteiger partial charge on any atom is 0.319 e. The average Bonchev–Trinajstić information content (AvgIpc) is 2.81. The van der Waals surface area contributed by atoms with Crippen LogP contribution < -0.4 is 11.3 Å². The van der Waals surface area contributed by atoms with Crippen molar-refractivity contribution >= 4 is 11.4 Å². The van der Waals surface area contributed by atoms with Crippen molar-refractivity contribution in [3.63, 3.8) is 0 Å². The number of benzene rings is 1. The smallest absolute Gasteiger partial charge is 0.318 e. The molecule has 2 aromatic rings. The van der Waals surface area contributed by atoms with Gasteiger partial charge in [-0.1, -0.05) is 6.07 Å². The minimum atomic E-state index is -0.522. The molecule has 2 rings (SSSR count). The van der Waals surface area contributed by atoms with Crippen LogP contribution in [-0.4, -0.2) is 19.7 Å². The summed E-state index contributed by atoms with van der Waals surface area (Å²) in [6.07, 6.45) is 2.68. The number of hydrogen-bond acceptors (Lipinski definition) is 6. The summed E-state index contributed by atoms with van der Waals surface area (Å²) in [4.78, 5) is 14.2. The zero-order chi connectivity index (χ0) is 11.5. The first-order valence-electron chi connectivity index (χ1n) is 4.33. The van der Waals surface area contributed by atoms with E-state index >= 15 is 0 Å². The predicted octanol–water partition coefficient (Wildman–Crippen LogP) is 0.461. The number of rotatable bonds is 3. The Labute approximate surface area is 89.8 Å². The Hall–Kier alpha value is -2.48. The normalized spacial score (nSPS) is 10.1. The van der Waals surface area contributed by atoms with E-state index in [0.717, 1.165) is 0 Å². The van der Waals surface area contributed by atoms with Crippen molar-refractivity contribution in [2.75, 3.05) is 5.43 Å². The van der Waals surface area contributed by atoms with E-state index in [1.807, 2.05) is 0 Å². The second kappa shape index (κ2) is 3.95. The summed E-state index contributed by atoms with van der Waals surface area (Å²) in [5, 5.41) is 14.8. The van der Waals surface area contributed by atoms with E-state index in [4.69, 9.17) is 5.84 Å². The van der Waals surface area contributed by atoms with Gasteiger partial charge in [0.2, 0.25) is 0 Å². The predicted molar refractivity (Wildman–Crippen MR) is 55.8 cm³/mol. The average molecular weight is 220 g/mol. The van der Waals surface area contributed by atoms with Crippen LogP contribution in [0.15, 0.2) is 30.9 Å². The molecular formula is C8H8N6O2.